The molecule has 0 spiro atoms. The van der Waals surface area contributed by atoms with Crippen molar-refractivity contribution in [1.82, 2.24) is 9.29 Å². The Morgan fingerprint density at radius 3 is 2.73 bits per heavy atom. The molecule has 0 amide bonds. The molecule has 0 saturated carbocycles. The minimum Gasteiger partial charge on any atom is -0.488 e. The van der Waals surface area contributed by atoms with E-state index in [9.17, 15) is 8.42 Å². The van der Waals surface area contributed by atoms with Crippen molar-refractivity contribution in [3.05, 3.63) is 84.1 Å². The van der Waals surface area contributed by atoms with Crippen molar-refractivity contribution in [2.75, 3.05) is 26.4 Å². The highest BCUT2D eigenvalue weighted by molar-refractivity contribution is 7.89. The third-order valence-corrected chi connectivity index (χ3v) is 8.79. The molecule has 1 atom stereocenters. The molecule has 4 aromatic rings. The largest absolute Gasteiger partial charge is 0.488 e. The quantitative estimate of drug-likeness (QED) is 0.373. The topological polar surface area (TPSA) is 78.0 Å². The van der Waals surface area contributed by atoms with Crippen LogP contribution in [0.5, 0.6) is 11.5 Å². The lowest BCUT2D eigenvalue weighted by atomic mass is 9.98. The van der Waals surface area contributed by atoms with Gasteiger partial charge in [-0.05, 0) is 47.9 Å². The molecule has 1 fully saturated rings. The normalized spacial score (nSPS) is 18.2. The van der Waals surface area contributed by atoms with Gasteiger partial charge in [0.1, 0.15) is 17.6 Å². The molecule has 37 heavy (non-hydrogen) atoms. The van der Waals surface area contributed by atoms with Crippen molar-refractivity contribution in [1.29, 1.82) is 0 Å². The van der Waals surface area contributed by atoms with E-state index in [0.29, 0.717) is 30.2 Å². The first kappa shape index (κ1) is 23.9. The molecule has 7 nitrogen and oxygen atoms in total. The maximum Gasteiger partial charge on any atom is 0.245 e. The second-order valence-corrected chi connectivity index (χ2v) is 11.3. The lowest BCUT2D eigenvalue weighted by Crippen LogP contribution is -2.32. The predicted octanol–water partition coefficient (Wildman–Crippen LogP) is 4.96. The third kappa shape index (κ3) is 4.56. The van der Waals surface area contributed by atoms with Gasteiger partial charge < -0.3 is 14.2 Å². The molecule has 1 saturated heterocycles. The summed E-state index contributed by atoms with van der Waals surface area (Å²) in [5.74, 6) is 1.22. The van der Waals surface area contributed by atoms with E-state index in [-0.39, 0.29) is 30.7 Å². The van der Waals surface area contributed by atoms with Crippen molar-refractivity contribution in [2.24, 2.45) is 0 Å². The highest BCUT2D eigenvalue weighted by Crippen LogP contribution is 2.41. The fourth-order valence-corrected chi connectivity index (χ4v) is 6.58. The van der Waals surface area contributed by atoms with E-state index in [4.69, 9.17) is 14.2 Å². The Bertz CT molecular complexity index is 1560. The van der Waals surface area contributed by atoms with Gasteiger partial charge in [-0.15, -0.1) is 0 Å². The number of ether oxygens (including phenoxy) is 3. The van der Waals surface area contributed by atoms with E-state index in [1.165, 1.54) is 4.31 Å². The monoisotopic (exact) mass is 516 g/mol. The van der Waals surface area contributed by atoms with E-state index in [1.54, 1.807) is 24.4 Å². The Labute approximate surface area is 216 Å². The number of hydrogen-bond acceptors (Lipinski definition) is 6. The first-order valence-corrected chi connectivity index (χ1v) is 13.9. The average Bonchev–Trinajstić information content (AvgIpc) is 3.31. The summed E-state index contributed by atoms with van der Waals surface area (Å²) in [6.45, 7) is 3.84. The smallest absolute Gasteiger partial charge is 0.245 e. The molecule has 3 heterocycles. The molecular formula is C29H28N2O5S. The lowest BCUT2D eigenvalue weighted by Gasteiger charge is -2.21. The van der Waals surface area contributed by atoms with Gasteiger partial charge in [0.15, 0.2) is 11.5 Å². The summed E-state index contributed by atoms with van der Waals surface area (Å²) >= 11 is 0. The molecule has 0 bridgehead atoms. The first-order chi connectivity index (χ1) is 18.0. The summed E-state index contributed by atoms with van der Waals surface area (Å²) in [5, 5.41) is 0.784. The molecule has 0 radical (unpaired) electrons. The highest BCUT2D eigenvalue weighted by Gasteiger charge is 2.32. The zero-order valence-electron chi connectivity index (χ0n) is 20.6. The molecule has 190 valence electrons. The number of pyridine rings is 1. The predicted molar refractivity (Wildman–Crippen MR) is 141 cm³/mol. The van der Waals surface area contributed by atoms with Crippen molar-refractivity contribution in [2.45, 2.75) is 30.9 Å². The number of aryl methyl sites for hydroxylation is 1. The minimum absolute atomic E-state index is 0.0651. The maximum atomic E-state index is 13.9. The van der Waals surface area contributed by atoms with Crippen LogP contribution < -0.4 is 9.47 Å². The lowest BCUT2D eigenvalue weighted by molar-refractivity contribution is 0.137. The van der Waals surface area contributed by atoms with E-state index in [1.807, 2.05) is 36.4 Å². The molecule has 1 unspecified atom stereocenters. The number of aromatic nitrogens is 1. The number of benzene rings is 3. The molecule has 3 aromatic carbocycles. The van der Waals surface area contributed by atoms with Crippen LogP contribution in [0, 0.1) is 6.92 Å². The summed E-state index contributed by atoms with van der Waals surface area (Å²) in [4.78, 5) is 4.57. The van der Waals surface area contributed by atoms with Crippen LogP contribution in [0.15, 0.2) is 77.8 Å². The van der Waals surface area contributed by atoms with Gasteiger partial charge in [0.05, 0.1) is 18.7 Å². The summed E-state index contributed by atoms with van der Waals surface area (Å²) in [7, 11) is -3.85. The van der Waals surface area contributed by atoms with E-state index in [0.717, 1.165) is 34.1 Å². The van der Waals surface area contributed by atoms with Crippen LogP contribution in [0.1, 0.15) is 17.5 Å². The number of para-hydroxylation sites is 1. The first-order valence-electron chi connectivity index (χ1n) is 12.4. The third-order valence-electron chi connectivity index (χ3n) is 6.92. The Morgan fingerprint density at radius 1 is 1.03 bits per heavy atom. The summed E-state index contributed by atoms with van der Waals surface area (Å²) < 4.78 is 47.4. The van der Waals surface area contributed by atoms with E-state index in [2.05, 4.69) is 24.0 Å². The fraction of sp³-hybridized carbons (Fsp3) is 0.276. The van der Waals surface area contributed by atoms with Gasteiger partial charge in [-0.25, -0.2) is 8.42 Å². The van der Waals surface area contributed by atoms with Crippen LogP contribution in [-0.2, 0) is 21.3 Å². The SMILES string of the molecule is Cc1ccccc1-c1cc2c(c(OC3CCOC3)c1)OCCN(S(=O)(=O)c1cccc3cccnc13)C2. The number of fused-ring (bicyclic) bond motifs is 2. The van der Waals surface area contributed by atoms with Crippen molar-refractivity contribution in [3.63, 3.8) is 0 Å². The summed E-state index contributed by atoms with van der Waals surface area (Å²) in [6.07, 6.45) is 2.36. The molecule has 1 aromatic heterocycles. The molecule has 8 heteroatoms. The summed E-state index contributed by atoms with van der Waals surface area (Å²) in [5.41, 5.74) is 4.38. The van der Waals surface area contributed by atoms with E-state index >= 15 is 0 Å². The van der Waals surface area contributed by atoms with Crippen LogP contribution in [0.3, 0.4) is 0 Å². The highest BCUT2D eigenvalue weighted by atomic mass is 32.2. The zero-order valence-corrected chi connectivity index (χ0v) is 21.4. The standard InChI is InChI=1S/C29H28N2O5S/c1-20-6-2-3-9-25(20)22-16-23-18-31(13-15-35-29(23)26(17-22)36-24-11-14-34-19-24)37(32,33)27-10-4-7-21-8-5-12-30-28(21)27/h2-10,12,16-17,24H,11,13-15,18-19H2,1H3. The van der Waals surface area contributed by atoms with Gasteiger partial charge in [0, 0.05) is 36.7 Å². The van der Waals surface area contributed by atoms with Crippen LogP contribution in [0.2, 0.25) is 0 Å². The van der Waals surface area contributed by atoms with Gasteiger partial charge in [0.25, 0.3) is 0 Å². The number of nitrogens with zero attached hydrogens (tertiary/aromatic N) is 2. The van der Waals surface area contributed by atoms with Gasteiger partial charge in [-0.2, -0.15) is 4.31 Å². The number of rotatable bonds is 5. The average molecular weight is 517 g/mol. The van der Waals surface area contributed by atoms with Crippen LogP contribution in [0.25, 0.3) is 22.0 Å². The van der Waals surface area contributed by atoms with Crippen molar-refractivity contribution in [3.8, 4) is 22.6 Å². The van der Waals surface area contributed by atoms with Gasteiger partial charge in [-0.3, -0.25) is 4.98 Å². The van der Waals surface area contributed by atoms with Crippen LogP contribution in [0.4, 0.5) is 0 Å². The van der Waals surface area contributed by atoms with Gasteiger partial charge in [0.2, 0.25) is 10.0 Å². The molecular weight excluding hydrogens is 488 g/mol. The Balaban J connectivity index is 1.44. The zero-order chi connectivity index (χ0) is 25.4. The van der Waals surface area contributed by atoms with E-state index < -0.39 is 10.0 Å². The van der Waals surface area contributed by atoms with Crippen LogP contribution in [-0.4, -0.2) is 50.2 Å². The molecule has 2 aliphatic heterocycles. The second-order valence-electron chi connectivity index (χ2n) is 9.40. The maximum absolute atomic E-state index is 13.9. The molecule has 2 aliphatic rings. The van der Waals surface area contributed by atoms with Gasteiger partial charge in [-0.1, -0.05) is 42.5 Å². The Hall–Kier alpha value is -3.46. The fourth-order valence-electron chi connectivity index (χ4n) is 5.01. The molecule has 0 N–H and O–H groups in total. The molecule has 0 aliphatic carbocycles. The number of hydrogen-bond donors (Lipinski definition) is 0. The van der Waals surface area contributed by atoms with Crippen molar-refractivity contribution < 1.29 is 22.6 Å². The Kier molecular flexibility index (Phi) is 6.32. The second kappa shape index (κ2) is 9.78. The molecule has 6 rings (SSSR count). The number of sulfonamides is 1. The van der Waals surface area contributed by atoms with Gasteiger partial charge >= 0.3 is 0 Å². The van der Waals surface area contributed by atoms with Crippen LogP contribution >= 0.6 is 0 Å². The Morgan fingerprint density at radius 2 is 1.89 bits per heavy atom. The minimum atomic E-state index is -3.85. The van der Waals surface area contributed by atoms with Crippen molar-refractivity contribution >= 4 is 20.9 Å². The summed E-state index contributed by atoms with van der Waals surface area (Å²) in [6, 6.07) is 21.1.